The van der Waals surface area contributed by atoms with E-state index < -0.39 is 12.0 Å². The summed E-state index contributed by atoms with van der Waals surface area (Å²) < 4.78 is 15.7. The van der Waals surface area contributed by atoms with Crippen LogP contribution in [0.3, 0.4) is 0 Å². The fourth-order valence-corrected chi connectivity index (χ4v) is 2.10. The average Bonchev–Trinajstić information content (AvgIpc) is 2.50. The molecule has 0 bridgehead atoms. The van der Waals surface area contributed by atoms with E-state index >= 15 is 0 Å². The van der Waals surface area contributed by atoms with Crippen LogP contribution in [0.15, 0.2) is 12.1 Å². The number of aliphatic hydroxyl groups is 1. The van der Waals surface area contributed by atoms with Gasteiger partial charge in [-0.25, -0.2) is 0 Å². The van der Waals surface area contributed by atoms with Gasteiger partial charge in [-0.05, 0) is 12.5 Å². The Kier molecular flexibility index (Phi) is 6.13. The fraction of sp³-hybridized carbons (Fsp3) is 0.533. The lowest BCUT2D eigenvalue weighted by Gasteiger charge is -2.20. The van der Waals surface area contributed by atoms with E-state index in [0.717, 1.165) is 6.42 Å². The van der Waals surface area contributed by atoms with E-state index in [-0.39, 0.29) is 0 Å². The lowest BCUT2D eigenvalue weighted by Crippen LogP contribution is -2.12. The van der Waals surface area contributed by atoms with Crippen molar-refractivity contribution in [2.75, 3.05) is 21.3 Å². The summed E-state index contributed by atoms with van der Waals surface area (Å²) in [5, 5.41) is 19.6. The van der Waals surface area contributed by atoms with E-state index in [1.54, 1.807) is 12.1 Å². The van der Waals surface area contributed by atoms with Gasteiger partial charge >= 0.3 is 0 Å². The van der Waals surface area contributed by atoms with Crippen LogP contribution in [0.4, 0.5) is 0 Å². The minimum atomic E-state index is -0.922. The number of hydrogen-bond donors (Lipinski definition) is 1. The normalized spacial score (nSPS) is 13.2. The standard InChI is InChI=1S/C15H21NO4/c1-5-6-10(9-16)15(17)11-7-13(19-3)14(20-4)8-12(11)18-2/h7-8,10,15,17H,5-6H2,1-4H3. The van der Waals surface area contributed by atoms with Gasteiger partial charge in [0, 0.05) is 11.6 Å². The van der Waals surface area contributed by atoms with Crippen LogP contribution in [0, 0.1) is 17.2 Å². The minimum Gasteiger partial charge on any atom is -0.496 e. The monoisotopic (exact) mass is 279 g/mol. The molecule has 0 spiro atoms. The molecule has 0 aliphatic heterocycles. The summed E-state index contributed by atoms with van der Waals surface area (Å²) in [5.74, 6) is 1.01. The molecule has 5 heteroatoms. The third kappa shape index (κ3) is 3.34. The summed E-state index contributed by atoms with van der Waals surface area (Å²) in [5.41, 5.74) is 0.533. The maximum atomic E-state index is 10.4. The zero-order valence-corrected chi connectivity index (χ0v) is 12.3. The minimum absolute atomic E-state index is 0.478. The Hall–Kier alpha value is -1.93. The lowest BCUT2D eigenvalue weighted by molar-refractivity contribution is 0.126. The van der Waals surface area contributed by atoms with Crippen LogP contribution in [0.1, 0.15) is 31.4 Å². The van der Waals surface area contributed by atoms with Crippen molar-refractivity contribution in [1.82, 2.24) is 0 Å². The average molecular weight is 279 g/mol. The Bertz CT molecular complexity index is 481. The molecule has 1 aromatic rings. The van der Waals surface area contributed by atoms with E-state index in [9.17, 15) is 10.4 Å². The molecule has 20 heavy (non-hydrogen) atoms. The molecule has 0 saturated carbocycles. The Morgan fingerprint density at radius 3 is 2.10 bits per heavy atom. The van der Waals surface area contributed by atoms with Crippen LogP contribution < -0.4 is 14.2 Å². The summed E-state index contributed by atoms with van der Waals surface area (Å²) >= 11 is 0. The number of benzene rings is 1. The molecule has 0 heterocycles. The van der Waals surface area contributed by atoms with Crippen LogP contribution in [0.2, 0.25) is 0 Å². The van der Waals surface area contributed by atoms with Crippen molar-refractivity contribution in [3.05, 3.63) is 17.7 Å². The lowest BCUT2D eigenvalue weighted by atomic mass is 9.92. The highest BCUT2D eigenvalue weighted by Crippen LogP contribution is 2.40. The van der Waals surface area contributed by atoms with E-state index in [0.29, 0.717) is 29.2 Å². The number of hydrogen-bond acceptors (Lipinski definition) is 5. The van der Waals surface area contributed by atoms with E-state index in [4.69, 9.17) is 14.2 Å². The van der Waals surface area contributed by atoms with Gasteiger partial charge in [0.2, 0.25) is 0 Å². The first-order valence-corrected chi connectivity index (χ1v) is 6.50. The fourth-order valence-electron chi connectivity index (χ4n) is 2.10. The molecule has 110 valence electrons. The molecule has 0 radical (unpaired) electrons. The highest BCUT2D eigenvalue weighted by Gasteiger charge is 2.25. The summed E-state index contributed by atoms with van der Waals surface area (Å²) in [6.07, 6.45) is 0.523. The van der Waals surface area contributed by atoms with Gasteiger partial charge in [0.25, 0.3) is 0 Å². The molecule has 1 aromatic carbocycles. The van der Waals surface area contributed by atoms with Crippen LogP contribution in [0.25, 0.3) is 0 Å². The summed E-state index contributed by atoms with van der Waals surface area (Å²) in [6.45, 7) is 1.98. The van der Waals surface area contributed by atoms with E-state index in [1.807, 2.05) is 6.92 Å². The van der Waals surface area contributed by atoms with Crippen LogP contribution in [-0.4, -0.2) is 26.4 Å². The van der Waals surface area contributed by atoms with E-state index in [2.05, 4.69) is 6.07 Å². The van der Waals surface area contributed by atoms with Crippen molar-refractivity contribution in [2.45, 2.75) is 25.9 Å². The first-order valence-electron chi connectivity index (χ1n) is 6.50. The smallest absolute Gasteiger partial charge is 0.164 e. The second kappa shape index (κ2) is 7.61. The maximum absolute atomic E-state index is 10.4. The predicted molar refractivity (Wildman–Crippen MR) is 75.1 cm³/mol. The number of methoxy groups -OCH3 is 3. The Labute approximate surface area is 119 Å². The molecule has 1 N–H and O–H groups in total. The van der Waals surface area contributed by atoms with Gasteiger partial charge in [0.15, 0.2) is 11.5 Å². The first kappa shape index (κ1) is 16.1. The van der Waals surface area contributed by atoms with Crippen molar-refractivity contribution < 1.29 is 19.3 Å². The second-order valence-electron chi connectivity index (χ2n) is 4.42. The van der Waals surface area contributed by atoms with Gasteiger partial charge in [-0.2, -0.15) is 5.26 Å². The highest BCUT2D eigenvalue weighted by molar-refractivity contribution is 5.51. The number of nitrogens with zero attached hydrogens (tertiary/aromatic N) is 1. The number of aliphatic hydroxyl groups excluding tert-OH is 1. The molecule has 0 fully saturated rings. The molecule has 0 amide bonds. The van der Waals surface area contributed by atoms with Gasteiger partial charge in [-0.15, -0.1) is 0 Å². The Morgan fingerprint density at radius 1 is 1.10 bits per heavy atom. The first-order chi connectivity index (χ1) is 9.62. The summed E-state index contributed by atoms with van der Waals surface area (Å²) in [7, 11) is 4.57. The van der Waals surface area contributed by atoms with Gasteiger partial charge < -0.3 is 19.3 Å². The third-order valence-corrected chi connectivity index (χ3v) is 3.20. The van der Waals surface area contributed by atoms with E-state index in [1.165, 1.54) is 21.3 Å². The number of ether oxygens (including phenoxy) is 3. The summed E-state index contributed by atoms with van der Waals surface area (Å²) in [4.78, 5) is 0. The van der Waals surface area contributed by atoms with Gasteiger partial charge in [0.1, 0.15) is 5.75 Å². The van der Waals surface area contributed by atoms with Crippen molar-refractivity contribution in [3.8, 4) is 23.3 Å². The van der Waals surface area contributed by atoms with Gasteiger partial charge in [-0.3, -0.25) is 0 Å². The molecular formula is C15H21NO4. The van der Waals surface area contributed by atoms with Crippen molar-refractivity contribution in [2.24, 2.45) is 5.92 Å². The number of rotatable bonds is 7. The molecule has 0 aromatic heterocycles. The highest BCUT2D eigenvalue weighted by atomic mass is 16.5. The third-order valence-electron chi connectivity index (χ3n) is 3.20. The SMILES string of the molecule is CCCC(C#N)C(O)c1cc(OC)c(OC)cc1OC. The van der Waals surface area contributed by atoms with Gasteiger partial charge in [-0.1, -0.05) is 13.3 Å². The predicted octanol–water partition coefficient (Wildman–Crippen LogP) is 2.69. The molecular weight excluding hydrogens is 258 g/mol. The largest absolute Gasteiger partial charge is 0.496 e. The molecule has 0 aliphatic rings. The second-order valence-corrected chi connectivity index (χ2v) is 4.42. The topological polar surface area (TPSA) is 71.7 Å². The van der Waals surface area contributed by atoms with Crippen LogP contribution in [0.5, 0.6) is 17.2 Å². The molecule has 0 aliphatic carbocycles. The van der Waals surface area contributed by atoms with Crippen LogP contribution in [-0.2, 0) is 0 Å². The zero-order valence-electron chi connectivity index (χ0n) is 12.3. The maximum Gasteiger partial charge on any atom is 0.164 e. The molecule has 0 saturated heterocycles. The Balaban J connectivity index is 3.25. The number of nitriles is 1. The molecule has 2 unspecified atom stereocenters. The summed E-state index contributed by atoms with van der Waals surface area (Å²) in [6, 6.07) is 5.45. The quantitative estimate of drug-likeness (QED) is 0.830. The van der Waals surface area contributed by atoms with Crippen molar-refractivity contribution in [3.63, 3.8) is 0 Å². The van der Waals surface area contributed by atoms with Crippen molar-refractivity contribution >= 4 is 0 Å². The molecule has 5 nitrogen and oxygen atoms in total. The zero-order chi connectivity index (χ0) is 15.1. The molecule has 2 atom stereocenters. The Morgan fingerprint density at radius 2 is 1.65 bits per heavy atom. The van der Waals surface area contributed by atoms with Crippen molar-refractivity contribution in [1.29, 1.82) is 5.26 Å². The van der Waals surface area contributed by atoms with Gasteiger partial charge in [0.05, 0.1) is 39.4 Å². The molecule has 1 rings (SSSR count). The van der Waals surface area contributed by atoms with Crippen LogP contribution >= 0.6 is 0 Å².